The van der Waals surface area contributed by atoms with Crippen LogP contribution >= 0.6 is 23.2 Å². The van der Waals surface area contributed by atoms with Crippen LogP contribution in [0.3, 0.4) is 0 Å². The molecule has 2 rings (SSSR count). The SMILES string of the molecule is OCCc1ccccc1Nc1ccc(Cl)c(Cl)c1. The van der Waals surface area contributed by atoms with Crippen molar-refractivity contribution in [3.8, 4) is 0 Å². The zero-order valence-electron chi connectivity index (χ0n) is 9.66. The molecule has 0 saturated heterocycles. The molecule has 2 nitrogen and oxygen atoms in total. The number of hydrogen-bond donors (Lipinski definition) is 2. The highest BCUT2D eigenvalue weighted by molar-refractivity contribution is 6.42. The van der Waals surface area contributed by atoms with Crippen LogP contribution in [0.5, 0.6) is 0 Å². The van der Waals surface area contributed by atoms with E-state index in [2.05, 4.69) is 5.32 Å². The van der Waals surface area contributed by atoms with E-state index >= 15 is 0 Å². The molecule has 0 aromatic heterocycles. The van der Waals surface area contributed by atoms with Crippen molar-refractivity contribution in [2.45, 2.75) is 6.42 Å². The van der Waals surface area contributed by atoms with E-state index in [1.54, 1.807) is 12.1 Å². The topological polar surface area (TPSA) is 32.3 Å². The van der Waals surface area contributed by atoms with Gasteiger partial charge in [-0.05, 0) is 36.2 Å². The zero-order valence-corrected chi connectivity index (χ0v) is 11.2. The average Bonchev–Trinajstić information content (AvgIpc) is 2.37. The molecule has 0 heterocycles. The van der Waals surface area contributed by atoms with E-state index in [9.17, 15) is 0 Å². The maximum Gasteiger partial charge on any atom is 0.0612 e. The summed E-state index contributed by atoms with van der Waals surface area (Å²) in [6.45, 7) is 0.125. The zero-order chi connectivity index (χ0) is 13.0. The number of hydrogen-bond acceptors (Lipinski definition) is 2. The first-order valence-electron chi connectivity index (χ1n) is 5.61. The molecule has 0 spiro atoms. The van der Waals surface area contributed by atoms with Gasteiger partial charge in [0.05, 0.1) is 10.0 Å². The fraction of sp³-hybridized carbons (Fsp3) is 0.143. The van der Waals surface area contributed by atoms with Crippen molar-refractivity contribution in [3.05, 3.63) is 58.1 Å². The monoisotopic (exact) mass is 281 g/mol. The highest BCUT2D eigenvalue weighted by atomic mass is 35.5. The van der Waals surface area contributed by atoms with E-state index in [0.717, 1.165) is 16.9 Å². The van der Waals surface area contributed by atoms with Crippen LogP contribution in [0.25, 0.3) is 0 Å². The Morgan fingerprint density at radius 1 is 1.00 bits per heavy atom. The molecule has 0 saturated carbocycles. The molecular formula is C14H13Cl2NO. The second-order valence-corrected chi connectivity index (χ2v) is 4.70. The molecule has 4 heteroatoms. The molecule has 0 aliphatic heterocycles. The molecule has 2 N–H and O–H groups in total. The van der Waals surface area contributed by atoms with Crippen molar-refractivity contribution >= 4 is 34.6 Å². The number of anilines is 2. The Hall–Kier alpha value is -1.22. The number of aliphatic hydroxyl groups is 1. The number of para-hydroxylation sites is 1. The minimum atomic E-state index is 0.125. The van der Waals surface area contributed by atoms with Gasteiger partial charge in [0.2, 0.25) is 0 Å². The maximum absolute atomic E-state index is 9.02. The van der Waals surface area contributed by atoms with Crippen LogP contribution in [0.2, 0.25) is 10.0 Å². The molecule has 18 heavy (non-hydrogen) atoms. The Morgan fingerprint density at radius 3 is 2.50 bits per heavy atom. The van der Waals surface area contributed by atoms with E-state index in [1.165, 1.54) is 0 Å². The van der Waals surface area contributed by atoms with E-state index in [0.29, 0.717) is 16.5 Å². The highest BCUT2D eigenvalue weighted by Gasteiger charge is 2.03. The van der Waals surface area contributed by atoms with E-state index in [-0.39, 0.29) is 6.61 Å². The summed E-state index contributed by atoms with van der Waals surface area (Å²) < 4.78 is 0. The van der Waals surface area contributed by atoms with Crippen LogP contribution in [0.1, 0.15) is 5.56 Å². The summed E-state index contributed by atoms with van der Waals surface area (Å²) in [5.74, 6) is 0. The van der Waals surface area contributed by atoms with Gasteiger partial charge in [0.1, 0.15) is 0 Å². The van der Waals surface area contributed by atoms with Crippen molar-refractivity contribution in [2.24, 2.45) is 0 Å². The van der Waals surface area contributed by atoms with Gasteiger partial charge < -0.3 is 10.4 Å². The molecule has 2 aromatic rings. The third kappa shape index (κ3) is 3.16. The Morgan fingerprint density at radius 2 is 1.78 bits per heavy atom. The minimum Gasteiger partial charge on any atom is -0.396 e. The first-order chi connectivity index (χ1) is 8.70. The lowest BCUT2D eigenvalue weighted by Gasteiger charge is -2.11. The Balaban J connectivity index is 2.25. The standard InChI is InChI=1S/C14H13Cl2NO/c15-12-6-5-11(9-13(12)16)17-14-4-2-1-3-10(14)7-8-18/h1-6,9,17-18H,7-8H2. The Bertz CT molecular complexity index is 543. The fourth-order valence-electron chi connectivity index (χ4n) is 1.71. The number of halogens is 2. The number of nitrogens with one attached hydrogen (secondary N) is 1. The summed E-state index contributed by atoms with van der Waals surface area (Å²) in [6.07, 6.45) is 0.616. The van der Waals surface area contributed by atoms with E-state index < -0.39 is 0 Å². The first-order valence-corrected chi connectivity index (χ1v) is 6.37. The van der Waals surface area contributed by atoms with Gasteiger partial charge in [0.25, 0.3) is 0 Å². The number of benzene rings is 2. The van der Waals surface area contributed by atoms with Gasteiger partial charge in [-0.15, -0.1) is 0 Å². The summed E-state index contributed by atoms with van der Waals surface area (Å²) in [6, 6.07) is 13.2. The molecule has 0 bridgehead atoms. The number of aliphatic hydroxyl groups excluding tert-OH is 1. The summed E-state index contributed by atoms with van der Waals surface area (Å²) >= 11 is 11.8. The van der Waals surface area contributed by atoms with Gasteiger partial charge >= 0.3 is 0 Å². The normalized spacial score (nSPS) is 10.4. The second-order valence-electron chi connectivity index (χ2n) is 3.88. The lowest BCUT2D eigenvalue weighted by Crippen LogP contribution is -1.98. The fourth-order valence-corrected chi connectivity index (χ4v) is 2.01. The molecular weight excluding hydrogens is 269 g/mol. The van der Waals surface area contributed by atoms with Crippen LogP contribution in [0.4, 0.5) is 11.4 Å². The third-order valence-corrected chi connectivity index (χ3v) is 3.34. The van der Waals surface area contributed by atoms with Gasteiger partial charge in [-0.1, -0.05) is 41.4 Å². The quantitative estimate of drug-likeness (QED) is 0.877. The minimum absolute atomic E-state index is 0.125. The van der Waals surface area contributed by atoms with Crippen molar-refractivity contribution < 1.29 is 5.11 Å². The van der Waals surface area contributed by atoms with Crippen LogP contribution in [-0.2, 0) is 6.42 Å². The largest absolute Gasteiger partial charge is 0.396 e. The molecule has 0 aliphatic rings. The molecule has 0 aliphatic carbocycles. The van der Waals surface area contributed by atoms with Gasteiger partial charge in [-0.25, -0.2) is 0 Å². The summed E-state index contributed by atoms with van der Waals surface area (Å²) in [5.41, 5.74) is 2.89. The van der Waals surface area contributed by atoms with Crippen LogP contribution in [0, 0.1) is 0 Å². The van der Waals surface area contributed by atoms with Crippen LogP contribution in [-0.4, -0.2) is 11.7 Å². The lowest BCUT2D eigenvalue weighted by atomic mass is 10.1. The van der Waals surface area contributed by atoms with E-state index in [4.69, 9.17) is 28.3 Å². The predicted octanol–water partition coefficient (Wildman–Crippen LogP) is 4.27. The Kier molecular flexibility index (Phi) is 4.48. The average molecular weight is 282 g/mol. The van der Waals surface area contributed by atoms with Crippen LogP contribution in [0.15, 0.2) is 42.5 Å². The molecule has 94 valence electrons. The molecule has 2 aromatic carbocycles. The van der Waals surface area contributed by atoms with Gasteiger partial charge in [-0.2, -0.15) is 0 Å². The molecule has 0 fully saturated rings. The smallest absolute Gasteiger partial charge is 0.0612 e. The first kappa shape index (κ1) is 13.2. The predicted molar refractivity (Wildman–Crippen MR) is 77.0 cm³/mol. The second kappa shape index (κ2) is 6.10. The Labute approximate surface area is 116 Å². The summed E-state index contributed by atoms with van der Waals surface area (Å²) in [4.78, 5) is 0. The summed E-state index contributed by atoms with van der Waals surface area (Å²) in [7, 11) is 0. The van der Waals surface area contributed by atoms with Crippen molar-refractivity contribution in [1.82, 2.24) is 0 Å². The van der Waals surface area contributed by atoms with Crippen molar-refractivity contribution in [1.29, 1.82) is 0 Å². The van der Waals surface area contributed by atoms with Gasteiger partial charge in [0.15, 0.2) is 0 Å². The summed E-state index contributed by atoms with van der Waals surface area (Å²) in [5, 5.41) is 13.3. The van der Waals surface area contributed by atoms with Gasteiger partial charge in [-0.3, -0.25) is 0 Å². The van der Waals surface area contributed by atoms with E-state index in [1.807, 2.05) is 30.3 Å². The number of rotatable bonds is 4. The lowest BCUT2D eigenvalue weighted by molar-refractivity contribution is 0.300. The molecule has 0 atom stereocenters. The molecule has 0 amide bonds. The molecule has 0 unspecified atom stereocenters. The van der Waals surface area contributed by atoms with Crippen molar-refractivity contribution in [3.63, 3.8) is 0 Å². The van der Waals surface area contributed by atoms with Gasteiger partial charge in [0, 0.05) is 18.0 Å². The molecule has 0 radical (unpaired) electrons. The highest BCUT2D eigenvalue weighted by Crippen LogP contribution is 2.28. The maximum atomic E-state index is 9.02. The van der Waals surface area contributed by atoms with Crippen molar-refractivity contribution in [2.75, 3.05) is 11.9 Å². The van der Waals surface area contributed by atoms with Crippen LogP contribution < -0.4 is 5.32 Å². The third-order valence-electron chi connectivity index (χ3n) is 2.60.